The molecule has 2 heterocycles. The fourth-order valence-electron chi connectivity index (χ4n) is 5.96. The number of fused-ring (bicyclic) bond motifs is 2. The number of hydrogen-bond acceptors (Lipinski definition) is 3. The zero-order valence-electron chi connectivity index (χ0n) is 24.7. The highest BCUT2D eigenvalue weighted by Gasteiger charge is 2.19. The minimum atomic E-state index is 0.0441. The van der Waals surface area contributed by atoms with Gasteiger partial charge in [0.25, 0.3) is 0 Å². The minimum absolute atomic E-state index is 0.0441. The molecule has 0 amide bonds. The van der Waals surface area contributed by atoms with E-state index < -0.39 is 0 Å². The Hall–Kier alpha value is -5.28. The van der Waals surface area contributed by atoms with Gasteiger partial charge in [0, 0.05) is 29.3 Å². The largest absolute Gasteiger partial charge is 0.295 e. The molecule has 0 saturated heterocycles. The predicted octanol–water partition coefficient (Wildman–Crippen LogP) is 10.9. The summed E-state index contributed by atoms with van der Waals surface area (Å²) in [6.07, 6.45) is 3.87. The van der Waals surface area contributed by atoms with Crippen molar-refractivity contribution >= 4 is 38.7 Å². The number of anilines is 3. The van der Waals surface area contributed by atoms with Gasteiger partial charge in [0.05, 0.1) is 5.69 Å². The Kier molecular flexibility index (Phi) is 6.71. The maximum Gasteiger partial charge on any atom is 0.137 e. The average molecular weight is 556 g/mol. The maximum absolute atomic E-state index is 4.92. The van der Waals surface area contributed by atoms with Gasteiger partial charge in [-0.25, -0.2) is 4.98 Å². The third kappa shape index (κ3) is 4.93. The fraction of sp³-hybridized carbons (Fsp3) is 0.100. The van der Waals surface area contributed by atoms with Crippen molar-refractivity contribution < 1.29 is 0 Å². The molecular weight excluding hydrogens is 522 g/mol. The zero-order valence-corrected chi connectivity index (χ0v) is 24.7. The van der Waals surface area contributed by atoms with E-state index in [-0.39, 0.29) is 5.41 Å². The Morgan fingerprint density at radius 1 is 0.488 bits per heavy atom. The summed E-state index contributed by atoms with van der Waals surface area (Å²) in [6.45, 7) is 6.65. The highest BCUT2D eigenvalue weighted by Crippen LogP contribution is 2.44. The quantitative estimate of drug-likeness (QED) is 0.198. The molecular formula is C40H33N3. The molecule has 5 aromatic carbocycles. The van der Waals surface area contributed by atoms with Gasteiger partial charge >= 0.3 is 0 Å². The Labute approximate surface area is 253 Å². The topological polar surface area (TPSA) is 29.0 Å². The molecule has 3 nitrogen and oxygen atoms in total. The number of aromatic nitrogens is 2. The van der Waals surface area contributed by atoms with Crippen LogP contribution >= 0.6 is 0 Å². The van der Waals surface area contributed by atoms with E-state index in [0.29, 0.717) is 0 Å². The number of nitrogens with zero attached hydrogens (tertiary/aromatic N) is 3. The molecule has 0 aliphatic carbocycles. The predicted molar refractivity (Wildman–Crippen MR) is 181 cm³/mol. The van der Waals surface area contributed by atoms with Crippen molar-refractivity contribution in [3.8, 4) is 22.4 Å². The van der Waals surface area contributed by atoms with Crippen LogP contribution in [0.5, 0.6) is 0 Å². The van der Waals surface area contributed by atoms with Crippen molar-refractivity contribution in [2.45, 2.75) is 26.2 Å². The van der Waals surface area contributed by atoms with E-state index in [9.17, 15) is 0 Å². The third-order valence-corrected chi connectivity index (χ3v) is 8.12. The molecule has 0 atom stereocenters. The highest BCUT2D eigenvalue weighted by molar-refractivity contribution is 6.21. The molecule has 0 saturated carbocycles. The number of benzene rings is 5. The SMILES string of the molecule is CC(C)(C)c1ccc(N(c2ccccc2)c2ccc(-c3c4ccccc4c(-c4ccccn4)c4ccccc34)cc2)nc1. The summed E-state index contributed by atoms with van der Waals surface area (Å²) in [4.78, 5) is 11.9. The molecule has 0 aliphatic heterocycles. The monoisotopic (exact) mass is 555 g/mol. The molecule has 0 aliphatic rings. The Bertz CT molecular complexity index is 1970. The first-order chi connectivity index (χ1) is 21.0. The molecule has 208 valence electrons. The molecule has 0 spiro atoms. The van der Waals surface area contributed by atoms with Crippen LogP contribution in [0.25, 0.3) is 43.9 Å². The molecule has 7 rings (SSSR count). The van der Waals surface area contributed by atoms with Gasteiger partial charge in [-0.05, 0) is 86.1 Å². The van der Waals surface area contributed by atoms with Crippen molar-refractivity contribution in [3.05, 3.63) is 151 Å². The minimum Gasteiger partial charge on any atom is -0.295 e. The second kappa shape index (κ2) is 10.8. The van der Waals surface area contributed by atoms with Gasteiger partial charge in [-0.2, -0.15) is 0 Å². The lowest BCUT2D eigenvalue weighted by molar-refractivity contribution is 0.587. The van der Waals surface area contributed by atoms with Gasteiger partial charge in [-0.15, -0.1) is 0 Å². The summed E-state index contributed by atoms with van der Waals surface area (Å²) < 4.78 is 0. The zero-order chi connectivity index (χ0) is 29.4. The standard InChI is InChI=1S/C40H33N3/c1-40(2,3)29-22-25-37(42-27-29)43(30-13-5-4-6-14-30)31-23-20-28(21-24-31)38-32-15-7-9-17-34(32)39(36-19-11-12-26-41-36)35-18-10-8-16-33(35)38/h4-27H,1-3H3. The highest BCUT2D eigenvalue weighted by atomic mass is 15.2. The van der Waals surface area contributed by atoms with Crippen LogP contribution in [0.4, 0.5) is 17.2 Å². The van der Waals surface area contributed by atoms with Gasteiger partial charge in [0.15, 0.2) is 0 Å². The number of hydrogen-bond donors (Lipinski definition) is 0. The number of pyridine rings is 2. The number of para-hydroxylation sites is 1. The fourth-order valence-corrected chi connectivity index (χ4v) is 5.96. The lowest BCUT2D eigenvalue weighted by atomic mass is 9.87. The second-order valence-corrected chi connectivity index (χ2v) is 11.9. The molecule has 7 aromatic rings. The first-order valence-corrected chi connectivity index (χ1v) is 14.8. The smallest absolute Gasteiger partial charge is 0.137 e. The molecule has 3 heteroatoms. The van der Waals surface area contributed by atoms with Crippen molar-refractivity contribution in [3.63, 3.8) is 0 Å². The van der Waals surface area contributed by atoms with E-state index in [1.165, 1.54) is 43.8 Å². The Balaban J connectivity index is 1.39. The van der Waals surface area contributed by atoms with Crippen LogP contribution in [0, 0.1) is 0 Å². The van der Waals surface area contributed by atoms with E-state index >= 15 is 0 Å². The first-order valence-electron chi connectivity index (χ1n) is 14.8. The van der Waals surface area contributed by atoms with Crippen molar-refractivity contribution in [2.24, 2.45) is 0 Å². The molecule has 2 aromatic heterocycles. The molecule has 43 heavy (non-hydrogen) atoms. The summed E-state index contributed by atoms with van der Waals surface area (Å²) in [6, 6.07) is 47.2. The summed E-state index contributed by atoms with van der Waals surface area (Å²) in [5.41, 5.74) is 7.96. The van der Waals surface area contributed by atoms with E-state index in [1.54, 1.807) is 0 Å². The molecule has 0 unspecified atom stereocenters. The molecule has 0 bridgehead atoms. The maximum atomic E-state index is 4.92. The van der Waals surface area contributed by atoms with Crippen LogP contribution in [0.1, 0.15) is 26.3 Å². The van der Waals surface area contributed by atoms with Gasteiger partial charge in [-0.1, -0.05) is 112 Å². The van der Waals surface area contributed by atoms with Crippen molar-refractivity contribution in [1.82, 2.24) is 9.97 Å². The van der Waals surface area contributed by atoms with E-state index in [0.717, 1.165) is 22.9 Å². The Morgan fingerprint density at radius 3 is 1.58 bits per heavy atom. The third-order valence-electron chi connectivity index (χ3n) is 8.12. The first kappa shape index (κ1) is 26.6. The van der Waals surface area contributed by atoms with Gasteiger partial charge < -0.3 is 0 Å². The van der Waals surface area contributed by atoms with Gasteiger partial charge in [0.2, 0.25) is 0 Å². The lowest BCUT2D eigenvalue weighted by Gasteiger charge is -2.26. The summed E-state index contributed by atoms with van der Waals surface area (Å²) in [5, 5.41) is 4.84. The molecule has 0 fully saturated rings. The summed E-state index contributed by atoms with van der Waals surface area (Å²) in [5.74, 6) is 0.891. The van der Waals surface area contributed by atoms with Crippen LogP contribution in [0.15, 0.2) is 146 Å². The van der Waals surface area contributed by atoms with E-state index in [1.807, 2.05) is 24.5 Å². The van der Waals surface area contributed by atoms with E-state index in [2.05, 4.69) is 147 Å². The Morgan fingerprint density at radius 2 is 1.05 bits per heavy atom. The van der Waals surface area contributed by atoms with Gasteiger partial charge in [0.1, 0.15) is 5.82 Å². The lowest BCUT2D eigenvalue weighted by Crippen LogP contribution is -2.14. The normalized spacial score (nSPS) is 11.6. The van der Waals surface area contributed by atoms with Crippen molar-refractivity contribution in [1.29, 1.82) is 0 Å². The average Bonchev–Trinajstić information content (AvgIpc) is 3.05. The van der Waals surface area contributed by atoms with Crippen LogP contribution in [-0.4, -0.2) is 9.97 Å². The van der Waals surface area contributed by atoms with Crippen LogP contribution in [-0.2, 0) is 5.41 Å². The van der Waals surface area contributed by atoms with Crippen LogP contribution in [0.3, 0.4) is 0 Å². The molecule has 0 N–H and O–H groups in total. The molecule has 0 radical (unpaired) electrons. The summed E-state index contributed by atoms with van der Waals surface area (Å²) >= 11 is 0. The second-order valence-electron chi connectivity index (χ2n) is 11.9. The summed E-state index contributed by atoms with van der Waals surface area (Å²) in [7, 11) is 0. The van der Waals surface area contributed by atoms with Gasteiger partial charge in [-0.3, -0.25) is 9.88 Å². The van der Waals surface area contributed by atoms with E-state index in [4.69, 9.17) is 9.97 Å². The number of rotatable bonds is 5. The van der Waals surface area contributed by atoms with Crippen LogP contribution in [0.2, 0.25) is 0 Å². The van der Waals surface area contributed by atoms with Crippen LogP contribution < -0.4 is 4.90 Å². The van der Waals surface area contributed by atoms with Crippen molar-refractivity contribution in [2.75, 3.05) is 4.90 Å².